The van der Waals surface area contributed by atoms with Crippen molar-refractivity contribution in [2.75, 3.05) is 0 Å². The van der Waals surface area contributed by atoms with Gasteiger partial charge >= 0.3 is 6.18 Å². The number of nitrogens with one attached hydrogen (secondary N) is 1. The van der Waals surface area contributed by atoms with Gasteiger partial charge in [-0.3, -0.25) is 0 Å². The lowest BCUT2D eigenvalue weighted by atomic mass is 9.99. The first-order chi connectivity index (χ1) is 8.90. The molecule has 2 atom stereocenters. The van der Waals surface area contributed by atoms with Crippen LogP contribution in [-0.2, 0) is 6.18 Å². The Morgan fingerprint density at radius 3 is 2.32 bits per heavy atom. The smallest absolute Gasteiger partial charge is 0.307 e. The molecule has 1 N–H and O–H groups in total. The third kappa shape index (κ3) is 4.53. The van der Waals surface area contributed by atoms with Crippen LogP contribution in [0, 0.1) is 0 Å². The Labute approximate surface area is 113 Å². The summed E-state index contributed by atoms with van der Waals surface area (Å²) in [4.78, 5) is 0. The largest absolute Gasteiger partial charge is 0.416 e. The quantitative estimate of drug-likeness (QED) is 0.774. The van der Waals surface area contributed by atoms with Crippen molar-refractivity contribution in [1.82, 2.24) is 5.32 Å². The first-order valence-corrected chi connectivity index (χ1v) is 6.82. The molecular formula is C15H22F3N. The first-order valence-electron chi connectivity index (χ1n) is 6.82. The zero-order chi connectivity index (χ0) is 14.5. The maximum absolute atomic E-state index is 12.9. The Bertz CT molecular complexity index is 387. The summed E-state index contributed by atoms with van der Waals surface area (Å²) >= 11 is 0. The second-order valence-electron chi connectivity index (χ2n) is 4.87. The molecule has 0 heterocycles. The molecular weight excluding hydrogens is 251 g/mol. The predicted molar refractivity (Wildman–Crippen MR) is 72.0 cm³/mol. The third-order valence-electron chi connectivity index (χ3n) is 3.35. The fourth-order valence-corrected chi connectivity index (χ4v) is 2.33. The highest BCUT2D eigenvalue weighted by Crippen LogP contribution is 2.34. The van der Waals surface area contributed by atoms with Crippen molar-refractivity contribution in [3.05, 3.63) is 35.4 Å². The van der Waals surface area contributed by atoms with Crippen LogP contribution in [0.25, 0.3) is 0 Å². The van der Waals surface area contributed by atoms with Crippen molar-refractivity contribution in [3.8, 4) is 0 Å². The molecule has 0 fully saturated rings. The van der Waals surface area contributed by atoms with Gasteiger partial charge < -0.3 is 5.32 Å². The van der Waals surface area contributed by atoms with E-state index >= 15 is 0 Å². The summed E-state index contributed by atoms with van der Waals surface area (Å²) in [5.74, 6) is 0. The van der Waals surface area contributed by atoms with Gasteiger partial charge in [-0.2, -0.15) is 13.2 Å². The molecule has 0 spiro atoms. The molecule has 1 aromatic carbocycles. The molecule has 0 saturated heterocycles. The highest BCUT2D eigenvalue weighted by atomic mass is 19.4. The van der Waals surface area contributed by atoms with Crippen LogP contribution in [0.5, 0.6) is 0 Å². The molecule has 0 aromatic heterocycles. The van der Waals surface area contributed by atoms with E-state index in [-0.39, 0.29) is 12.1 Å². The van der Waals surface area contributed by atoms with E-state index in [0.29, 0.717) is 5.56 Å². The summed E-state index contributed by atoms with van der Waals surface area (Å²) in [5, 5.41) is 3.30. The van der Waals surface area contributed by atoms with E-state index in [1.807, 2.05) is 0 Å². The molecule has 0 amide bonds. The number of rotatable bonds is 6. The van der Waals surface area contributed by atoms with Crippen molar-refractivity contribution < 1.29 is 13.2 Å². The third-order valence-corrected chi connectivity index (χ3v) is 3.35. The van der Waals surface area contributed by atoms with Gasteiger partial charge in [-0.05, 0) is 31.4 Å². The highest BCUT2D eigenvalue weighted by molar-refractivity contribution is 5.32. The van der Waals surface area contributed by atoms with E-state index in [2.05, 4.69) is 19.2 Å². The van der Waals surface area contributed by atoms with Crippen molar-refractivity contribution >= 4 is 0 Å². The van der Waals surface area contributed by atoms with Gasteiger partial charge in [0.15, 0.2) is 0 Å². The van der Waals surface area contributed by atoms with E-state index in [1.54, 1.807) is 19.1 Å². The Morgan fingerprint density at radius 2 is 1.79 bits per heavy atom. The molecule has 0 radical (unpaired) electrons. The SMILES string of the molecule is CCCC(CC)NC(C)c1ccccc1C(F)(F)F. The van der Waals surface area contributed by atoms with Gasteiger partial charge in [0.05, 0.1) is 5.56 Å². The van der Waals surface area contributed by atoms with Crippen LogP contribution in [0.2, 0.25) is 0 Å². The summed E-state index contributed by atoms with van der Waals surface area (Å²) in [6.07, 6.45) is -1.36. The van der Waals surface area contributed by atoms with Gasteiger partial charge in [-0.1, -0.05) is 38.5 Å². The van der Waals surface area contributed by atoms with Crippen LogP contribution in [0.3, 0.4) is 0 Å². The van der Waals surface area contributed by atoms with Crippen LogP contribution in [0.4, 0.5) is 13.2 Å². The van der Waals surface area contributed by atoms with E-state index < -0.39 is 11.7 Å². The number of hydrogen-bond donors (Lipinski definition) is 1. The van der Waals surface area contributed by atoms with Gasteiger partial charge in [0.25, 0.3) is 0 Å². The molecule has 1 aromatic rings. The fraction of sp³-hybridized carbons (Fsp3) is 0.600. The minimum Gasteiger partial charge on any atom is -0.307 e. The van der Waals surface area contributed by atoms with E-state index in [9.17, 15) is 13.2 Å². The van der Waals surface area contributed by atoms with Gasteiger partial charge in [0.2, 0.25) is 0 Å². The first kappa shape index (κ1) is 16.0. The lowest BCUT2D eigenvalue weighted by molar-refractivity contribution is -0.138. The molecule has 108 valence electrons. The minimum absolute atomic E-state index is 0.265. The summed E-state index contributed by atoms with van der Waals surface area (Å²) in [6, 6.07) is 5.76. The fourth-order valence-electron chi connectivity index (χ4n) is 2.33. The van der Waals surface area contributed by atoms with Crippen LogP contribution >= 0.6 is 0 Å². The van der Waals surface area contributed by atoms with Crippen LogP contribution in [-0.4, -0.2) is 6.04 Å². The number of halogens is 3. The molecule has 0 bridgehead atoms. The van der Waals surface area contributed by atoms with E-state index in [0.717, 1.165) is 25.3 Å². The van der Waals surface area contributed by atoms with Crippen molar-refractivity contribution in [2.24, 2.45) is 0 Å². The van der Waals surface area contributed by atoms with Gasteiger partial charge in [-0.25, -0.2) is 0 Å². The van der Waals surface area contributed by atoms with Gasteiger partial charge in [-0.15, -0.1) is 0 Å². The van der Waals surface area contributed by atoms with E-state index in [1.165, 1.54) is 6.07 Å². The van der Waals surface area contributed by atoms with Crippen LogP contribution in [0.15, 0.2) is 24.3 Å². The topological polar surface area (TPSA) is 12.0 Å². The summed E-state index contributed by atoms with van der Waals surface area (Å²) in [6.45, 7) is 5.93. The normalized spacial score (nSPS) is 15.3. The maximum Gasteiger partial charge on any atom is 0.416 e. The zero-order valence-electron chi connectivity index (χ0n) is 11.7. The van der Waals surface area contributed by atoms with Crippen molar-refractivity contribution in [3.63, 3.8) is 0 Å². The molecule has 0 saturated carbocycles. The van der Waals surface area contributed by atoms with Gasteiger partial charge in [0.1, 0.15) is 0 Å². The lowest BCUT2D eigenvalue weighted by Gasteiger charge is -2.24. The molecule has 4 heteroatoms. The molecule has 0 aliphatic heterocycles. The van der Waals surface area contributed by atoms with Crippen molar-refractivity contribution in [2.45, 2.75) is 58.3 Å². The molecule has 0 aliphatic rings. The van der Waals surface area contributed by atoms with Crippen LogP contribution in [0.1, 0.15) is 57.2 Å². The molecule has 2 unspecified atom stereocenters. The maximum atomic E-state index is 12.9. The highest BCUT2D eigenvalue weighted by Gasteiger charge is 2.34. The predicted octanol–water partition coefficient (Wildman–Crippen LogP) is 4.93. The zero-order valence-corrected chi connectivity index (χ0v) is 11.7. The Balaban J connectivity index is 2.90. The standard InChI is InChI=1S/C15H22F3N/c1-4-8-12(5-2)19-11(3)13-9-6-7-10-14(13)15(16,17)18/h6-7,9-12,19H,4-5,8H2,1-3H3. The molecule has 0 aliphatic carbocycles. The molecule has 19 heavy (non-hydrogen) atoms. The average Bonchev–Trinajstić information content (AvgIpc) is 2.37. The average molecular weight is 273 g/mol. The molecule has 1 rings (SSSR count). The van der Waals surface area contributed by atoms with Gasteiger partial charge in [0, 0.05) is 12.1 Å². The Kier molecular flexibility index (Phi) is 5.85. The monoisotopic (exact) mass is 273 g/mol. The summed E-state index contributed by atoms with van der Waals surface area (Å²) in [7, 11) is 0. The number of alkyl halides is 3. The second-order valence-corrected chi connectivity index (χ2v) is 4.87. The summed E-state index contributed by atoms with van der Waals surface area (Å²) < 4.78 is 38.8. The number of hydrogen-bond acceptors (Lipinski definition) is 1. The lowest BCUT2D eigenvalue weighted by Crippen LogP contribution is -2.32. The Hall–Kier alpha value is -1.03. The van der Waals surface area contributed by atoms with Crippen molar-refractivity contribution in [1.29, 1.82) is 0 Å². The Morgan fingerprint density at radius 1 is 1.16 bits per heavy atom. The second kappa shape index (κ2) is 6.94. The summed E-state index contributed by atoms with van der Waals surface area (Å²) in [5.41, 5.74) is -0.217. The number of benzene rings is 1. The van der Waals surface area contributed by atoms with E-state index in [4.69, 9.17) is 0 Å². The van der Waals surface area contributed by atoms with Crippen LogP contribution < -0.4 is 5.32 Å². The molecule has 1 nitrogen and oxygen atoms in total. The minimum atomic E-state index is -4.29.